The Morgan fingerprint density at radius 1 is 1.26 bits per heavy atom. The third-order valence-electron chi connectivity index (χ3n) is 4.45. The number of ether oxygens (including phenoxy) is 1. The minimum absolute atomic E-state index is 0. The van der Waals surface area contributed by atoms with Crippen molar-refractivity contribution in [2.75, 3.05) is 6.61 Å². The standard InChI is InChI=1S/C19H15FN2O4.ClH/c1-9-5-11(6-10(2)21-9)15-14(20)7-12-16-18(15)26-4-3-22(16)8-13(17(12)23)19(24)25;/h5-8H,3-4H2,1-2H3,(H,24,25);1H. The highest BCUT2D eigenvalue weighted by molar-refractivity contribution is 5.98. The van der Waals surface area contributed by atoms with Crippen LogP contribution in [-0.2, 0) is 6.54 Å². The van der Waals surface area contributed by atoms with Gasteiger partial charge in [0.15, 0.2) is 5.75 Å². The largest absolute Gasteiger partial charge is 0.489 e. The topological polar surface area (TPSA) is 81.4 Å². The van der Waals surface area contributed by atoms with Crippen LogP contribution in [-0.4, -0.2) is 27.2 Å². The van der Waals surface area contributed by atoms with Gasteiger partial charge in [-0.3, -0.25) is 9.78 Å². The fourth-order valence-corrected chi connectivity index (χ4v) is 3.46. The summed E-state index contributed by atoms with van der Waals surface area (Å²) in [6.45, 7) is 4.26. The summed E-state index contributed by atoms with van der Waals surface area (Å²) in [7, 11) is 0. The quantitative estimate of drug-likeness (QED) is 0.725. The number of benzene rings is 1. The molecule has 1 aromatic carbocycles. The first-order valence-corrected chi connectivity index (χ1v) is 8.08. The lowest BCUT2D eigenvalue weighted by Gasteiger charge is -2.24. The van der Waals surface area contributed by atoms with Crippen LogP contribution in [0.4, 0.5) is 4.39 Å². The van der Waals surface area contributed by atoms with Gasteiger partial charge in [0.25, 0.3) is 0 Å². The van der Waals surface area contributed by atoms with Gasteiger partial charge in [-0.15, -0.1) is 12.4 Å². The molecule has 0 unspecified atom stereocenters. The van der Waals surface area contributed by atoms with E-state index < -0.39 is 17.2 Å². The molecule has 0 saturated carbocycles. The zero-order valence-electron chi connectivity index (χ0n) is 14.6. The van der Waals surface area contributed by atoms with Gasteiger partial charge >= 0.3 is 5.97 Å². The number of halogens is 2. The van der Waals surface area contributed by atoms with Crippen molar-refractivity contribution in [2.24, 2.45) is 0 Å². The lowest BCUT2D eigenvalue weighted by Crippen LogP contribution is -2.24. The van der Waals surface area contributed by atoms with Crippen molar-refractivity contribution < 1.29 is 19.0 Å². The summed E-state index contributed by atoms with van der Waals surface area (Å²) in [5, 5.41) is 9.25. The number of aromatic carboxylic acids is 1. The van der Waals surface area contributed by atoms with Gasteiger partial charge in [-0.05, 0) is 37.6 Å². The van der Waals surface area contributed by atoms with Crippen molar-refractivity contribution in [3.05, 3.63) is 57.4 Å². The van der Waals surface area contributed by atoms with Crippen LogP contribution in [0.3, 0.4) is 0 Å². The van der Waals surface area contributed by atoms with E-state index in [1.807, 2.05) is 13.8 Å². The highest BCUT2D eigenvalue weighted by Crippen LogP contribution is 2.40. The molecule has 6 nitrogen and oxygen atoms in total. The Kier molecular flexibility index (Phi) is 4.65. The number of carbonyl (C=O) groups is 1. The van der Waals surface area contributed by atoms with Crippen molar-refractivity contribution in [1.29, 1.82) is 0 Å². The van der Waals surface area contributed by atoms with Crippen LogP contribution in [0, 0.1) is 19.7 Å². The van der Waals surface area contributed by atoms with Crippen LogP contribution in [0.15, 0.2) is 29.2 Å². The molecule has 0 fully saturated rings. The summed E-state index contributed by atoms with van der Waals surface area (Å²) < 4.78 is 22.4. The molecule has 1 N–H and O–H groups in total. The lowest BCUT2D eigenvalue weighted by molar-refractivity contribution is 0.0694. The maximum Gasteiger partial charge on any atom is 0.341 e. The molecule has 3 heterocycles. The lowest BCUT2D eigenvalue weighted by atomic mass is 9.99. The predicted molar refractivity (Wildman–Crippen MR) is 101 cm³/mol. The first-order chi connectivity index (χ1) is 12.4. The van der Waals surface area contributed by atoms with Crippen molar-refractivity contribution in [3.63, 3.8) is 0 Å². The molecule has 3 aromatic rings. The zero-order valence-corrected chi connectivity index (χ0v) is 15.4. The van der Waals surface area contributed by atoms with E-state index in [1.54, 1.807) is 16.7 Å². The molecule has 1 aliphatic heterocycles. The number of nitrogens with zero attached hydrogens (tertiary/aromatic N) is 2. The van der Waals surface area contributed by atoms with Gasteiger partial charge in [-0.2, -0.15) is 0 Å². The van der Waals surface area contributed by atoms with E-state index in [0.29, 0.717) is 17.6 Å². The van der Waals surface area contributed by atoms with Gasteiger partial charge in [-0.1, -0.05) is 0 Å². The Balaban J connectivity index is 0.00000210. The molecule has 0 amide bonds. The molecule has 1 aliphatic rings. The van der Waals surface area contributed by atoms with Crippen LogP contribution in [0.25, 0.3) is 22.0 Å². The third-order valence-corrected chi connectivity index (χ3v) is 4.45. The fourth-order valence-electron chi connectivity index (χ4n) is 3.46. The second-order valence-electron chi connectivity index (χ2n) is 6.32. The average molecular weight is 391 g/mol. The number of hydrogen-bond acceptors (Lipinski definition) is 4. The summed E-state index contributed by atoms with van der Waals surface area (Å²) >= 11 is 0. The minimum atomic E-state index is -1.33. The van der Waals surface area contributed by atoms with E-state index >= 15 is 0 Å². The number of aromatic nitrogens is 2. The summed E-state index contributed by atoms with van der Waals surface area (Å²) in [5.74, 6) is -1.71. The summed E-state index contributed by atoms with van der Waals surface area (Å²) in [4.78, 5) is 28.1. The van der Waals surface area contributed by atoms with Crippen molar-refractivity contribution in [2.45, 2.75) is 20.4 Å². The smallest absolute Gasteiger partial charge is 0.341 e. The molecule has 0 atom stereocenters. The Bertz CT molecular complexity index is 1140. The van der Waals surface area contributed by atoms with E-state index in [0.717, 1.165) is 17.5 Å². The van der Waals surface area contributed by atoms with Crippen LogP contribution in [0.5, 0.6) is 5.75 Å². The molecule has 0 saturated heterocycles. The monoisotopic (exact) mass is 390 g/mol. The van der Waals surface area contributed by atoms with E-state index in [-0.39, 0.29) is 41.3 Å². The van der Waals surface area contributed by atoms with Crippen molar-refractivity contribution in [3.8, 4) is 16.9 Å². The molecule has 27 heavy (non-hydrogen) atoms. The van der Waals surface area contributed by atoms with E-state index in [2.05, 4.69) is 4.98 Å². The molecule has 140 valence electrons. The summed E-state index contributed by atoms with van der Waals surface area (Å²) in [6.07, 6.45) is 1.30. The van der Waals surface area contributed by atoms with Crippen LogP contribution in [0.2, 0.25) is 0 Å². The summed E-state index contributed by atoms with van der Waals surface area (Å²) in [5.41, 5.74) is 1.64. The van der Waals surface area contributed by atoms with Crippen LogP contribution < -0.4 is 10.2 Å². The molecule has 4 rings (SSSR count). The van der Waals surface area contributed by atoms with Gasteiger partial charge in [-0.25, -0.2) is 9.18 Å². The van der Waals surface area contributed by atoms with Crippen LogP contribution >= 0.6 is 12.4 Å². The Morgan fingerprint density at radius 3 is 2.56 bits per heavy atom. The highest BCUT2D eigenvalue weighted by Gasteiger charge is 2.26. The molecule has 0 radical (unpaired) electrons. The average Bonchev–Trinajstić information content (AvgIpc) is 2.56. The number of carboxylic acid groups (broad SMARTS) is 1. The Morgan fingerprint density at radius 2 is 1.93 bits per heavy atom. The normalized spacial score (nSPS) is 12.4. The van der Waals surface area contributed by atoms with Gasteiger partial charge in [0.05, 0.1) is 23.0 Å². The fraction of sp³-hybridized carbons (Fsp3) is 0.211. The van der Waals surface area contributed by atoms with E-state index in [9.17, 15) is 19.1 Å². The zero-order chi connectivity index (χ0) is 18.6. The Hall–Kier alpha value is -2.93. The second kappa shape index (κ2) is 6.66. The highest BCUT2D eigenvalue weighted by atomic mass is 35.5. The SMILES string of the molecule is Cc1cc(-c2c(F)cc3c(=O)c(C(=O)O)cn4c3c2OCC4)cc(C)n1.Cl. The van der Waals surface area contributed by atoms with Gasteiger partial charge in [0, 0.05) is 17.6 Å². The predicted octanol–water partition coefficient (Wildman–Crippen LogP) is 3.33. The Labute approximate surface area is 159 Å². The minimum Gasteiger partial charge on any atom is -0.489 e. The van der Waals surface area contributed by atoms with E-state index in [4.69, 9.17) is 4.74 Å². The van der Waals surface area contributed by atoms with E-state index in [1.165, 1.54) is 6.20 Å². The first-order valence-electron chi connectivity index (χ1n) is 8.08. The maximum absolute atomic E-state index is 15.0. The number of aryl methyl sites for hydroxylation is 2. The molecule has 0 bridgehead atoms. The number of rotatable bonds is 2. The first kappa shape index (κ1) is 18.8. The third kappa shape index (κ3) is 2.94. The molecular formula is C19H16ClFN2O4. The van der Waals surface area contributed by atoms with Crippen LogP contribution in [0.1, 0.15) is 21.7 Å². The number of carboxylic acids is 1. The van der Waals surface area contributed by atoms with Gasteiger partial charge in [0.1, 0.15) is 18.0 Å². The molecule has 8 heteroatoms. The molecule has 2 aromatic heterocycles. The maximum atomic E-state index is 15.0. The molecule has 0 spiro atoms. The van der Waals surface area contributed by atoms with Gasteiger partial charge < -0.3 is 14.4 Å². The number of hydrogen-bond donors (Lipinski definition) is 1. The molecule has 0 aliphatic carbocycles. The van der Waals surface area contributed by atoms with Crippen molar-refractivity contribution in [1.82, 2.24) is 9.55 Å². The molecular weight excluding hydrogens is 375 g/mol. The second-order valence-corrected chi connectivity index (χ2v) is 6.32. The van der Waals surface area contributed by atoms with Gasteiger partial charge in [0.2, 0.25) is 5.43 Å². The van der Waals surface area contributed by atoms with Crippen molar-refractivity contribution >= 4 is 29.3 Å². The summed E-state index contributed by atoms with van der Waals surface area (Å²) in [6, 6.07) is 4.60. The number of pyridine rings is 2.